The van der Waals surface area contributed by atoms with Crippen molar-refractivity contribution in [3.8, 4) is 0 Å². The highest BCUT2D eigenvalue weighted by Gasteiger charge is 2.30. The third kappa shape index (κ3) is 4.29. The number of rotatable bonds is 3. The predicted molar refractivity (Wildman–Crippen MR) is 107 cm³/mol. The number of nitrogens with zero attached hydrogens (tertiary/aromatic N) is 2. The Morgan fingerprint density at radius 2 is 1.85 bits per heavy atom. The van der Waals surface area contributed by atoms with Crippen LogP contribution in [0, 0.1) is 5.82 Å². The van der Waals surface area contributed by atoms with Crippen molar-refractivity contribution in [1.29, 1.82) is 0 Å². The van der Waals surface area contributed by atoms with Crippen LogP contribution in [0.4, 0.5) is 10.1 Å². The van der Waals surface area contributed by atoms with Crippen LogP contribution >= 0.6 is 46.8 Å². The van der Waals surface area contributed by atoms with Crippen molar-refractivity contribution >= 4 is 67.6 Å². The Balaban J connectivity index is 1.61. The first-order chi connectivity index (χ1) is 12.3. The second kappa shape index (κ2) is 7.95. The molecule has 0 amide bonds. The van der Waals surface area contributed by atoms with E-state index in [0.29, 0.717) is 41.3 Å². The summed E-state index contributed by atoms with van der Waals surface area (Å²) in [5, 5.41) is 3.43. The molecule has 0 radical (unpaired) electrons. The van der Waals surface area contributed by atoms with Gasteiger partial charge in [-0.05, 0) is 42.5 Å². The normalized spacial score (nSPS) is 15.9. The highest BCUT2D eigenvalue weighted by molar-refractivity contribution is 7.91. The minimum Gasteiger partial charge on any atom is -0.346 e. The molecule has 1 aromatic heterocycles. The highest BCUT2D eigenvalue weighted by atomic mass is 35.5. The fourth-order valence-corrected chi connectivity index (χ4v) is 6.01. The lowest BCUT2D eigenvalue weighted by Crippen LogP contribution is -2.51. The summed E-state index contributed by atoms with van der Waals surface area (Å²) >= 11 is 18.0. The Kier molecular flexibility index (Phi) is 6.05. The molecule has 1 saturated heterocycles. The minimum atomic E-state index is -3.54. The van der Waals surface area contributed by atoms with E-state index in [9.17, 15) is 12.8 Å². The number of nitrogens with one attached hydrogen (secondary N) is 1. The molecule has 0 aliphatic carbocycles. The van der Waals surface area contributed by atoms with Crippen molar-refractivity contribution in [2.24, 2.45) is 0 Å². The lowest BCUT2D eigenvalue weighted by Gasteiger charge is -2.35. The molecule has 0 spiro atoms. The van der Waals surface area contributed by atoms with Crippen molar-refractivity contribution in [2.75, 3.05) is 31.5 Å². The van der Waals surface area contributed by atoms with Crippen molar-refractivity contribution in [3.63, 3.8) is 0 Å². The van der Waals surface area contributed by atoms with Crippen LogP contribution in [0.5, 0.6) is 0 Å². The summed E-state index contributed by atoms with van der Waals surface area (Å²) in [5.41, 5.74) is 0.574. The number of thiocarbonyl (C=S) groups is 1. The van der Waals surface area contributed by atoms with Crippen molar-refractivity contribution in [3.05, 3.63) is 45.5 Å². The first-order valence-electron chi connectivity index (χ1n) is 7.54. The molecule has 1 N–H and O–H groups in total. The van der Waals surface area contributed by atoms with E-state index in [4.69, 9.17) is 35.4 Å². The molecular formula is C15H14Cl2FN3O2S3. The van der Waals surface area contributed by atoms with Crippen LogP contribution in [0.3, 0.4) is 0 Å². The molecule has 1 aromatic carbocycles. The number of piperazine rings is 1. The van der Waals surface area contributed by atoms with Gasteiger partial charge in [-0.25, -0.2) is 12.8 Å². The van der Waals surface area contributed by atoms with E-state index < -0.39 is 15.8 Å². The van der Waals surface area contributed by atoms with Gasteiger partial charge in [0.25, 0.3) is 10.0 Å². The van der Waals surface area contributed by atoms with Gasteiger partial charge in [0.05, 0.1) is 9.36 Å². The van der Waals surface area contributed by atoms with Crippen molar-refractivity contribution < 1.29 is 12.8 Å². The van der Waals surface area contributed by atoms with Crippen molar-refractivity contribution in [2.45, 2.75) is 4.21 Å². The molecule has 1 fully saturated rings. The fourth-order valence-electron chi connectivity index (χ4n) is 2.47. The first kappa shape index (κ1) is 19.8. The molecule has 11 heteroatoms. The molecule has 1 aliphatic rings. The number of anilines is 1. The van der Waals surface area contributed by atoms with Crippen LogP contribution < -0.4 is 5.32 Å². The maximum absolute atomic E-state index is 13.2. The Hall–Kier alpha value is -0.970. The third-order valence-corrected chi connectivity index (χ3v) is 8.09. The standard InChI is InChI=1S/C15H14Cl2FN3O2S3/c16-11-9-10(1-2-12(11)18)19-15(24)20-5-7-21(8-6-20)26(22,23)14-4-3-13(17)25-14/h1-4,9H,5-8H2,(H,19,24). The van der Waals surface area contributed by atoms with E-state index in [1.54, 1.807) is 6.07 Å². The number of benzene rings is 1. The van der Waals surface area contributed by atoms with Crippen LogP contribution in [0.15, 0.2) is 34.5 Å². The van der Waals surface area contributed by atoms with Crippen LogP contribution in [0.2, 0.25) is 9.36 Å². The molecule has 2 aromatic rings. The molecule has 0 atom stereocenters. The summed E-state index contributed by atoms with van der Waals surface area (Å²) in [6.07, 6.45) is 0. The van der Waals surface area contributed by atoms with Gasteiger partial charge in [-0.15, -0.1) is 11.3 Å². The first-order valence-corrected chi connectivity index (χ1v) is 11.0. The van der Waals surface area contributed by atoms with Gasteiger partial charge in [0.15, 0.2) is 5.11 Å². The van der Waals surface area contributed by atoms with E-state index in [0.717, 1.165) is 11.3 Å². The maximum Gasteiger partial charge on any atom is 0.252 e. The lowest BCUT2D eigenvalue weighted by molar-refractivity contribution is 0.269. The summed E-state index contributed by atoms with van der Waals surface area (Å²) in [7, 11) is -3.54. The number of halogens is 3. The van der Waals surface area contributed by atoms with Crippen LogP contribution in [0.1, 0.15) is 0 Å². The van der Waals surface area contributed by atoms with Gasteiger partial charge in [-0.1, -0.05) is 23.2 Å². The zero-order valence-corrected chi connectivity index (χ0v) is 17.2. The molecule has 3 rings (SSSR count). The molecule has 0 unspecified atom stereocenters. The number of thiophene rings is 1. The molecule has 0 saturated carbocycles. The topological polar surface area (TPSA) is 52.7 Å². The second-order valence-electron chi connectivity index (χ2n) is 5.51. The van der Waals surface area contributed by atoms with E-state index >= 15 is 0 Å². The van der Waals surface area contributed by atoms with Gasteiger partial charge >= 0.3 is 0 Å². The summed E-state index contributed by atoms with van der Waals surface area (Å²) < 4.78 is 40.5. The van der Waals surface area contributed by atoms with Gasteiger partial charge in [-0.3, -0.25) is 0 Å². The molecule has 0 bridgehead atoms. The van der Waals surface area contributed by atoms with Crippen molar-refractivity contribution in [1.82, 2.24) is 9.21 Å². The summed E-state index contributed by atoms with van der Waals surface area (Å²) in [6.45, 7) is 1.51. The predicted octanol–water partition coefficient (Wildman–Crippen LogP) is 3.90. The Bertz CT molecular complexity index is 928. The molecular weight excluding hydrogens is 440 g/mol. The molecule has 2 heterocycles. The zero-order valence-electron chi connectivity index (χ0n) is 13.3. The Morgan fingerprint density at radius 3 is 2.42 bits per heavy atom. The van der Waals surface area contributed by atoms with Gasteiger partial charge in [-0.2, -0.15) is 4.31 Å². The quantitative estimate of drug-likeness (QED) is 0.714. The summed E-state index contributed by atoms with van der Waals surface area (Å²) in [4.78, 5) is 1.86. The second-order valence-corrected chi connectivity index (χ2v) is 10.2. The molecule has 5 nitrogen and oxygen atoms in total. The van der Waals surface area contributed by atoms with Crippen LogP contribution in [-0.2, 0) is 10.0 Å². The fraction of sp³-hybridized carbons (Fsp3) is 0.267. The van der Waals surface area contributed by atoms with Crippen LogP contribution in [0.25, 0.3) is 0 Å². The molecule has 140 valence electrons. The highest BCUT2D eigenvalue weighted by Crippen LogP contribution is 2.28. The van der Waals surface area contributed by atoms with E-state index in [2.05, 4.69) is 5.32 Å². The Labute approximate surface area is 170 Å². The number of hydrogen-bond acceptors (Lipinski definition) is 4. The van der Waals surface area contributed by atoms with Gasteiger partial charge in [0, 0.05) is 31.9 Å². The summed E-state index contributed by atoms with van der Waals surface area (Å²) in [6, 6.07) is 7.32. The van der Waals surface area contributed by atoms with Gasteiger partial charge < -0.3 is 10.2 Å². The average Bonchev–Trinajstić information content (AvgIpc) is 3.05. The van der Waals surface area contributed by atoms with E-state index in [-0.39, 0.29) is 9.23 Å². The largest absolute Gasteiger partial charge is 0.346 e. The molecule has 26 heavy (non-hydrogen) atoms. The Morgan fingerprint density at radius 1 is 1.15 bits per heavy atom. The maximum atomic E-state index is 13.2. The SMILES string of the molecule is O=S(=O)(c1ccc(Cl)s1)N1CCN(C(=S)Nc2ccc(F)c(Cl)c2)CC1. The minimum absolute atomic E-state index is 0.00308. The van der Waals surface area contributed by atoms with E-state index in [1.165, 1.54) is 28.6 Å². The third-order valence-electron chi connectivity index (χ3n) is 3.84. The van der Waals surface area contributed by atoms with Gasteiger partial charge in [0.2, 0.25) is 0 Å². The average molecular weight is 454 g/mol. The smallest absolute Gasteiger partial charge is 0.252 e. The molecule has 1 aliphatic heterocycles. The zero-order chi connectivity index (χ0) is 18.9. The number of hydrogen-bond donors (Lipinski definition) is 1. The number of sulfonamides is 1. The lowest BCUT2D eigenvalue weighted by atomic mass is 10.3. The monoisotopic (exact) mass is 453 g/mol. The van der Waals surface area contributed by atoms with E-state index in [1.807, 2.05) is 4.90 Å². The van der Waals surface area contributed by atoms with Crippen LogP contribution in [-0.4, -0.2) is 48.9 Å². The summed E-state index contributed by atoms with van der Waals surface area (Å²) in [5.74, 6) is -0.504. The van der Waals surface area contributed by atoms with Gasteiger partial charge in [0.1, 0.15) is 10.0 Å².